The van der Waals surface area contributed by atoms with Crippen molar-refractivity contribution in [3.05, 3.63) is 39.9 Å². The monoisotopic (exact) mass is 296 g/mol. The summed E-state index contributed by atoms with van der Waals surface area (Å²) in [7, 11) is 0. The van der Waals surface area contributed by atoms with Gasteiger partial charge in [-0.05, 0) is 6.07 Å². The Morgan fingerprint density at radius 2 is 2.10 bits per heavy atom. The first kappa shape index (κ1) is 14.3. The number of para-hydroxylation sites is 1. The van der Waals surface area contributed by atoms with Gasteiger partial charge in [0.2, 0.25) is 0 Å². The molecule has 1 atom stereocenters. The number of nitro benzene ring substituents is 1. The molecule has 0 bridgehead atoms. The van der Waals surface area contributed by atoms with Crippen LogP contribution in [0.15, 0.2) is 24.3 Å². The van der Waals surface area contributed by atoms with Gasteiger partial charge in [-0.1, -0.05) is 12.1 Å². The molecule has 0 radical (unpaired) electrons. The van der Waals surface area contributed by atoms with E-state index in [1.807, 2.05) is 0 Å². The predicted octanol–water partition coefficient (Wildman–Crippen LogP) is 1.24. The minimum absolute atomic E-state index is 0.0735. The molecular formula is C12H12N2O5S. The average Bonchev–Trinajstić information content (AvgIpc) is 2.46. The Morgan fingerprint density at radius 3 is 2.75 bits per heavy atom. The fraction of sp³-hybridized carbons (Fsp3) is 0.333. The number of hydrogen-bond donors (Lipinski definition) is 1. The topological polar surface area (TPSA) is 101 Å². The Morgan fingerprint density at radius 1 is 1.40 bits per heavy atom. The van der Waals surface area contributed by atoms with Crippen molar-refractivity contribution in [3.8, 4) is 0 Å². The number of nitrogens with zero attached hydrogens (tertiary/aromatic N) is 2. The van der Waals surface area contributed by atoms with Gasteiger partial charge in [-0.15, -0.1) is 0 Å². The highest BCUT2D eigenvalue weighted by molar-refractivity contribution is 7.99. The van der Waals surface area contributed by atoms with Gasteiger partial charge < -0.3 is 10.0 Å². The molecular weight excluding hydrogens is 284 g/mol. The van der Waals surface area contributed by atoms with E-state index < -0.39 is 22.8 Å². The summed E-state index contributed by atoms with van der Waals surface area (Å²) in [5, 5.41) is 20.1. The Hall–Kier alpha value is -2.09. The summed E-state index contributed by atoms with van der Waals surface area (Å²) in [5.41, 5.74) is -0.379. The summed E-state index contributed by atoms with van der Waals surface area (Å²) in [5.74, 6) is -0.785. The Kier molecular flexibility index (Phi) is 4.23. The smallest absolute Gasteiger partial charge is 0.327 e. The van der Waals surface area contributed by atoms with Crippen molar-refractivity contribution >= 4 is 29.3 Å². The number of carboxylic acid groups (broad SMARTS) is 1. The van der Waals surface area contributed by atoms with Gasteiger partial charge in [0.25, 0.3) is 11.6 Å². The SMILES string of the molecule is O=C(O)C1CSCCN1C(=O)c1ccccc1[N+](=O)[O-]. The van der Waals surface area contributed by atoms with Gasteiger partial charge in [0.15, 0.2) is 0 Å². The van der Waals surface area contributed by atoms with Crippen LogP contribution in [-0.2, 0) is 4.79 Å². The number of carbonyl (C=O) groups is 2. The number of carboxylic acids is 1. The molecule has 1 aromatic carbocycles. The molecule has 0 spiro atoms. The van der Waals surface area contributed by atoms with Gasteiger partial charge in [0.05, 0.1) is 4.92 Å². The fourth-order valence-electron chi connectivity index (χ4n) is 2.02. The summed E-state index contributed by atoms with van der Waals surface area (Å²) < 4.78 is 0. The van der Waals surface area contributed by atoms with E-state index in [1.54, 1.807) is 0 Å². The predicted molar refractivity (Wildman–Crippen MR) is 72.9 cm³/mol. The van der Waals surface area contributed by atoms with Crippen LogP contribution in [0.3, 0.4) is 0 Å². The third kappa shape index (κ3) is 2.74. The number of nitro groups is 1. The number of benzene rings is 1. The largest absolute Gasteiger partial charge is 0.480 e. The van der Waals surface area contributed by atoms with Crippen LogP contribution in [-0.4, -0.2) is 50.9 Å². The van der Waals surface area contributed by atoms with Crippen LogP contribution < -0.4 is 0 Å². The number of hydrogen-bond acceptors (Lipinski definition) is 5. The van der Waals surface area contributed by atoms with Crippen LogP contribution in [0.5, 0.6) is 0 Å². The van der Waals surface area contributed by atoms with Gasteiger partial charge in [-0.2, -0.15) is 11.8 Å². The number of carbonyl (C=O) groups excluding carboxylic acids is 1. The molecule has 1 aliphatic rings. The van der Waals surface area contributed by atoms with Gasteiger partial charge in [-0.25, -0.2) is 4.79 Å². The second-order valence-corrected chi connectivity index (χ2v) is 5.35. The molecule has 0 saturated carbocycles. The molecule has 106 valence electrons. The normalized spacial score (nSPS) is 18.6. The first-order valence-electron chi connectivity index (χ1n) is 5.87. The molecule has 1 aromatic rings. The first-order chi connectivity index (χ1) is 9.52. The van der Waals surface area contributed by atoms with E-state index in [1.165, 1.54) is 40.9 Å². The zero-order chi connectivity index (χ0) is 14.7. The molecule has 7 nitrogen and oxygen atoms in total. The van der Waals surface area contributed by atoms with Crippen molar-refractivity contribution in [2.24, 2.45) is 0 Å². The summed E-state index contributed by atoms with van der Waals surface area (Å²) in [6, 6.07) is 4.63. The highest BCUT2D eigenvalue weighted by atomic mass is 32.2. The van der Waals surface area contributed by atoms with E-state index in [-0.39, 0.29) is 17.8 Å². The Bertz CT molecular complexity index is 563. The third-order valence-corrected chi connectivity index (χ3v) is 4.03. The minimum atomic E-state index is -1.09. The van der Waals surface area contributed by atoms with Gasteiger partial charge in [-0.3, -0.25) is 14.9 Å². The maximum absolute atomic E-state index is 12.4. The lowest BCUT2D eigenvalue weighted by atomic mass is 10.1. The summed E-state index contributed by atoms with van der Waals surface area (Å²) >= 11 is 1.45. The maximum atomic E-state index is 12.4. The van der Waals surface area contributed by atoms with Crippen LogP contribution in [0.2, 0.25) is 0 Å². The molecule has 2 rings (SSSR count). The summed E-state index contributed by atoms with van der Waals surface area (Å²) in [6.45, 7) is 0.270. The maximum Gasteiger partial charge on any atom is 0.327 e. The van der Waals surface area contributed by atoms with Crippen molar-refractivity contribution in [1.29, 1.82) is 0 Å². The number of aliphatic carboxylic acids is 1. The second-order valence-electron chi connectivity index (χ2n) is 4.20. The van der Waals surface area contributed by atoms with Crippen molar-refractivity contribution in [1.82, 2.24) is 4.90 Å². The van der Waals surface area contributed by atoms with Crippen LogP contribution in [0.4, 0.5) is 5.69 Å². The number of rotatable bonds is 3. The van der Waals surface area contributed by atoms with Crippen molar-refractivity contribution < 1.29 is 19.6 Å². The summed E-state index contributed by atoms with van der Waals surface area (Å²) in [6.07, 6.45) is 0. The van der Waals surface area contributed by atoms with Crippen molar-refractivity contribution in [2.75, 3.05) is 18.1 Å². The van der Waals surface area contributed by atoms with Crippen LogP contribution in [0.25, 0.3) is 0 Å². The third-order valence-electron chi connectivity index (χ3n) is 3.01. The summed E-state index contributed by atoms with van der Waals surface area (Å²) in [4.78, 5) is 35.1. The second kappa shape index (κ2) is 5.91. The highest BCUT2D eigenvalue weighted by Crippen LogP contribution is 2.24. The van der Waals surface area contributed by atoms with E-state index in [2.05, 4.69) is 0 Å². The van der Waals surface area contributed by atoms with Gasteiger partial charge in [0, 0.05) is 24.1 Å². The van der Waals surface area contributed by atoms with Gasteiger partial charge in [0.1, 0.15) is 11.6 Å². The lowest BCUT2D eigenvalue weighted by molar-refractivity contribution is -0.385. The average molecular weight is 296 g/mol. The molecule has 1 fully saturated rings. The molecule has 0 aromatic heterocycles. The molecule has 1 unspecified atom stereocenters. The van der Waals surface area contributed by atoms with Crippen LogP contribution in [0, 0.1) is 10.1 Å². The molecule has 20 heavy (non-hydrogen) atoms. The minimum Gasteiger partial charge on any atom is -0.480 e. The molecule has 0 aliphatic carbocycles. The number of thioether (sulfide) groups is 1. The van der Waals surface area contributed by atoms with Crippen LogP contribution in [0.1, 0.15) is 10.4 Å². The molecule has 1 saturated heterocycles. The van der Waals surface area contributed by atoms with E-state index in [0.29, 0.717) is 11.5 Å². The quantitative estimate of drug-likeness (QED) is 0.665. The zero-order valence-electron chi connectivity index (χ0n) is 10.4. The fourth-order valence-corrected chi connectivity index (χ4v) is 3.06. The van der Waals surface area contributed by atoms with E-state index in [9.17, 15) is 19.7 Å². The van der Waals surface area contributed by atoms with Crippen molar-refractivity contribution in [2.45, 2.75) is 6.04 Å². The first-order valence-corrected chi connectivity index (χ1v) is 7.02. The molecule has 1 heterocycles. The van der Waals surface area contributed by atoms with E-state index >= 15 is 0 Å². The van der Waals surface area contributed by atoms with Gasteiger partial charge >= 0.3 is 5.97 Å². The molecule has 8 heteroatoms. The Balaban J connectivity index is 2.35. The Labute approximate surface area is 118 Å². The molecule has 1 aliphatic heterocycles. The number of amides is 1. The molecule has 1 amide bonds. The lowest BCUT2D eigenvalue weighted by Crippen LogP contribution is -2.50. The van der Waals surface area contributed by atoms with E-state index in [4.69, 9.17) is 5.11 Å². The van der Waals surface area contributed by atoms with Crippen LogP contribution >= 0.6 is 11.8 Å². The van der Waals surface area contributed by atoms with Crippen molar-refractivity contribution in [3.63, 3.8) is 0 Å². The lowest BCUT2D eigenvalue weighted by Gasteiger charge is -2.32. The van der Waals surface area contributed by atoms with E-state index in [0.717, 1.165) is 0 Å². The standard InChI is InChI=1S/C12H12N2O5S/c15-11(8-3-1-2-4-9(8)14(18)19)13-5-6-20-7-10(13)12(16)17/h1-4,10H,5-7H2,(H,16,17). The highest BCUT2D eigenvalue weighted by Gasteiger charge is 2.35. The molecule has 1 N–H and O–H groups in total. The zero-order valence-corrected chi connectivity index (χ0v) is 11.2.